The molecule has 0 atom stereocenters. The van der Waals surface area contributed by atoms with Crippen LogP contribution < -0.4 is 0 Å². The van der Waals surface area contributed by atoms with E-state index in [2.05, 4.69) is 4.90 Å². The summed E-state index contributed by atoms with van der Waals surface area (Å²) in [6, 6.07) is 10.7. The van der Waals surface area contributed by atoms with Crippen LogP contribution in [0.25, 0.3) is 22.2 Å². The van der Waals surface area contributed by atoms with Crippen molar-refractivity contribution in [2.24, 2.45) is 0 Å². The number of likely N-dealkylation sites (N-methyl/N-ethyl adjacent to an activating group) is 1. The van der Waals surface area contributed by atoms with Crippen molar-refractivity contribution < 1.29 is 8.42 Å². The van der Waals surface area contributed by atoms with Gasteiger partial charge in [-0.25, -0.2) is 12.4 Å². The second kappa shape index (κ2) is 5.74. The summed E-state index contributed by atoms with van der Waals surface area (Å²) in [6.07, 6.45) is 0.731. The van der Waals surface area contributed by atoms with Gasteiger partial charge in [0.15, 0.2) is 0 Å². The largest absolute Gasteiger partial charge is 0.309 e. The molecule has 0 radical (unpaired) electrons. The van der Waals surface area contributed by atoms with Gasteiger partial charge in [0, 0.05) is 22.5 Å². The zero-order chi connectivity index (χ0) is 17.9. The quantitative estimate of drug-likeness (QED) is 0.520. The number of halogens is 2. The highest BCUT2D eigenvalue weighted by Gasteiger charge is 2.38. The van der Waals surface area contributed by atoms with Gasteiger partial charge in [0.1, 0.15) is 4.90 Å². The van der Waals surface area contributed by atoms with Gasteiger partial charge in [-0.2, -0.15) is 0 Å². The van der Waals surface area contributed by atoms with Crippen LogP contribution in [0, 0.1) is 0 Å². The first-order valence-corrected chi connectivity index (χ1v) is 10.0. The summed E-state index contributed by atoms with van der Waals surface area (Å²) in [7, 11) is 0.250. The van der Waals surface area contributed by atoms with Crippen LogP contribution >= 0.6 is 23.2 Å². The predicted octanol–water partition coefficient (Wildman–Crippen LogP) is 4.27. The zero-order valence-electron chi connectivity index (χ0n) is 13.8. The van der Waals surface area contributed by atoms with E-state index in [9.17, 15) is 8.42 Å². The van der Waals surface area contributed by atoms with Gasteiger partial charge in [-0.3, -0.25) is 0 Å². The van der Waals surface area contributed by atoms with Crippen molar-refractivity contribution in [2.75, 3.05) is 20.6 Å². The van der Waals surface area contributed by atoms with E-state index in [0.717, 1.165) is 23.9 Å². The van der Waals surface area contributed by atoms with Gasteiger partial charge in [0.2, 0.25) is 0 Å². The maximum absolute atomic E-state index is 13.2. The van der Waals surface area contributed by atoms with Crippen LogP contribution in [0.3, 0.4) is 0 Å². The molecule has 3 aromatic rings. The standard InChI is InChI=1S/C18H16Cl2N2O2S/c1-21(2)8-7-13-12-5-3-4-6-16(12)22-17(13)14-9-11(19)10-15(20)18(14)25(22,23)24/h3-6,9-10H,7-8H2,1-2H3. The van der Waals surface area contributed by atoms with E-state index < -0.39 is 10.0 Å². The molecule has 0 bridgehead atoms. The second-order valence-electron chi connectivity index (χ2n) is 6.43. The maximum Gasteiger partial charge on any atom is 0.270 e. The number of rotatable bonds is 3. The average Bonchev–Trinajstić information content (AvgIpc) is 2.97. The molecule has 2 heterocycles. The minimum absolute atomic E-state index is 0.144. The fourth-order valence-corrected chi connectivity index (χ4v) is 6.05. The highest BCUT2D eigenvalue weighted by molar-refractivity contribution is 7.90. The second-order valence-corrected chi connectivity index (χ2v) is 9.00. The van der Waals surface area contributed by atoms with E-state index >= 15 is 0 Å². The molecule has 0 saturated carbocycles. The van der Waals surface area contributed by atoms with Crippen molar-refractivity contribution in [1.29, 1.82) is 0 Å². The molecule has 0 aliphatic carbocycles. The predicted molar refractivity (Wildman–Crippen MR) is 102 cm³/mol. The summed E-state index contributed by atoms with van der Waals surface area (Å²) < 4.78 is 27.8. The Morgan fingerprint density at radius 2 is 1.84 bits per heavy atom. The Morgan fingerprint density at radius 1 is 1.12 bits per heavy atom. The van der Waals surface area contributed by atoms with Gasteiger partial charge in [-0.15, -0.1) is 0 Å². The van der Waals surface area contributed by atoms with Crippen LogP contribution in [-0.4, -0.2) is 37.9 Å². The lowest BCUT2D eigenvalue weighted by Crippen LogP contribution is -2.15. The minimum Gasteiger partial charge on any atom is -0.309 e. The lowest BCUT2D eigenvalue weighted by molar-refractivity contribution is 0.414. The highest BCUT2D eigenvalue weighted by Crippen LogP contribution is 2.48. The highest BCUT2D eigenvalue weighted by atomic mass is 35.5. The maximum atomic E-state index is 13.2. The van der Waals surface area contributed by atoms with E-state index in [4.69, 9.17) is 23.2 Å². The molecule has 0 fully saturated rings. The number of aromatic nitrogens is 1. The number of hydrogen-bond acceptors (Lipinski definition) is 3. The Kier molecular flexibility index (Phi) is 3.88. The lowest BCUT2D eigenvalue weighted by Gasteiger charge is -2.10. The number of benzene rings is 2. The molecule has 0 spiro atoms. The molecule has 25 heavy (non-hydrogen) atoms. The minimum atomic E-state index is -3.74. The van der Waals surface area contributed by atoms with Crippen LogP contribution in [0.4, 0.5) is 0 Å². The molecular formula is C18H16Cl2N2O2S. The first kappa shape index (κ1) is 16.9. The van der Waals surface area contributed by atoms with E-state index in [1.807, 2.05) is 38.4 Å². The summed E-state index contributed by atoms with van der Waals surface area (Å²) in [5.41, 5.74) is 2.95. The van der Waals surface area contributed by atoms with Gasteiger partial charge in [0.05, 0.1) is 16.2 Å². The number of fused-ring (bicyclic) bond motifs is 5. The monoisotopic (exact) mass is 394 g/mol. The molecule has 1 aromatic heterocycles. The normalized spacial score (nSPS) is 14.9. The number of nitrogens with zero attached hydrogens (tertiary/aromatic N) is 2. The molecular weight excluding hydrogens is 379 g/mol. The Balaban J connectivity index is 2.13. The van der Waals surface area contributed by atoms with Crippen LogP contribution in [0.2, 0.25) is 10.0 Å². The Bertz CT molecular complexity index is 1120. The topological polar surface area (TPSA) is 42.3 Å². The molecule has 7 heteroatoms. The molecule has 1 aliphatic heterocycles. The zero-order valence-corrected chi connectivity index (χ0v) is 16.1. The van der Waals surface area contributed by atoms with Crippen LogP contribution in [-0.2, 0) is 16.4 Å². The fourth-order valence-electron chi connectivity index (χ4n) is 3.48. The van der Waals surface area contributed by atoms with Crippen molar-refractivity contribution in [3.63, 3.8) is 0 Å². The molecule has 4 rings (SSSR count). The Morgan fingerprint density at radius 3 is 2.56 bits per heavy atom. The van der Waals surface area contributed by atoms with Gasteiger partial charge < -0.3 is 4.90 Å². The molecule has 1 aliphatic rings. The molecule has 0 saturated heterocycles. The summed E-state index contributed by atoms with van der Waals surface area (Å²) in [6.45, 7) is 0.810. The summed E-state index contributed by atoms with van der Waals surface area (Å²) in [5.74, 6) is 0. The van der Waals surface area contributed by atoms with Crippen molar-refractivity contribution in [1.82, 2.24) is 8.87 Å². The van der Waals surface area contributed by atoms with Crippen molar-refractivity contribution in [2.45, 2.75) is 11.3 Å². The summed E-state index contributed by atoms with van der Waals surface area (Å²) in [5, 5.41) is 1.54. The van der Waals surface area contributed by atoms with E-state index in [-0.39, 0.29) is 9.92 Å². The Hall–Kier alpha value is -1.53. The van der Waals surface area contributed by atoms with Crippen LogP contribution in [0.1, 0.15) is 5.56 Å². The van der Waals surface area contributed by atoms with Gasteiger partial charge in [-0.05, 0) is 44.3 Å². The van der Waals surface area contributed by atoms with Crippen LogP contribution in [0.5, 0.6) is 0 Å². The Labute approximate surface area is 156 Å². The van der Waals surface area contributed by atoms with Gasteiger partial charge >= 0.3 is 0 Å². The van der Waals surface area contributed by atoms with Crippen LogP contribution in [0.15, 0.2) is 41.3 Å². The third-order valence-electron chi connectivity index (χ3n) is 4.51. The smallest absolute Gasteiger partial charge is 0.270 e. The lowest BCUT2D eigenvalue weighted by atomic mass is 10.0. The summed E-state index contributed by atoms with van der Waals surface area (Å²) >= 11 is 12.4. The summed E-state index contributed by atoms with van der Waals surface area (Å²) in [4.78, 5) is 2.22. The molecule has 0 amide bonds. The third kappa shape index (κ3) is 2.41. The van der Waals surface area contributed by atoms with E-state index in [0.29, 0.717) is 21.8 Å². The van der Waals surface area contributed by atoms with Crippen molar-refractivity contribution in [3.05, 3.63) is 52.0 Å². The van der Waals surface area contributed by atoms with E-state index in [1.54, 1.807) is 6.07 Å². The molecule has 4 nitrogen and oxygen atoms in total. The third-order valence-corrected chi connectivity index (χ3v) is 6.95. The first-order valence-electron chi connectivity index (χ1n) is 7.84. The fraction of sp³-hybridized carbons (Fsp3) is 0.222. The van der Waals surface area contributed by atoms with Gasteiger partial charge in [-0.1, -0.05) is 41.4 Å². The van der Waals surface area contributed by atoms with Crippen molar-refractivity contribution >= 4 is 44.1 Å². The van der Waals surface area contributed by atoms with E-state index in [1.165, 1.54) is 10.0 Å². The van der Waals surface area contributed by atoms with Crippen molar-refractivity contribution in [3.8, 4) is 11.3 Å². The molecule has 130 valence electrons. The molecule has 0 N–H and O–H groups in total. The SMILES string of the molecule is CN(C)CCc1c2n(c3ccccc13)S(=O)(=O)c1c(Cl)cc(Cl)cc1-2. The average molecular weight is 395 g/mol. The molecule has 2 aromatic carbocycles. The number of hydrogen-bond donors (Lipinski definition) is 0. The first-order chi connectivity index (χ1) is 11.8. The molecule has 0 unspecified atom stereocenters. The number of para-hydroxylation sites is 1. The van der Waals surface area contributed by atoms with Gasteiger partial charge in [0.25, 0.3) is 10.0 Å².